The summed E-state index contributed by atoms with van der Waals surface area (Å²) < 4.78 is 29.1. The van der Waals surface area contributed by atoms with Gasteiger partial charge in [0.25, 0.3) is 10.0 Å². The van der Waals surface area contributed by atoms with Crippen LogP contribution in [0.4, 0.5) is 11.4 Å². The molecule has 3 aromatic rings. The molecule has 0 atom stereocenters. The highest BCUT2D eigenvalue weighted by atomic mass is 35.5. The molecule has 0 fully saturated rings. The molecule has 1 amide bonds. The molecule has 0 saturated carbocycles. The molecule has 0 radical (unpaired) electrons. The third-order valence-corrected chi connectivity index (χ3v) is 5.31. The number of nitrogens with one attached hydrogen (secondary N) is 2. The largest absolute Gasteiger partial charge is 0.324 e. The minimum absolute atomic E-state index is 0.00940. The Morgan fingerprint density at radius 3 is 2.67 bits per heavy atom. The summed E-state index contributed by atoms with van der Waals surface area (Å²) in [5.74, 6) is -0.313. The maximum atomic E-state index is 12.6. The zero-order valence-electron chi connectivity index (χ0n) is 14.4. The van der Waals surface area contributed by atoms with Crippen LogP contribution < -0.4 is 10.0 Å². The fraction of sp³-hybridized carbons (Fsp3) is 0.111. The monoisotopic (exact) mass is 404 g/mol. The lowest BCUT2D eigenvalue weighted by Gasteiger charge is -2.11. The van der Waals surface area contributed by atoms with Crippen molar-refractivity contribution in [3.63, 3.8) is 0 Å². The predicted molar refractivity (Wildman–Crippen MR) is 104 cm³/mol. The lowest BCUT2D eigenvalue weighted by atomic mass is 10.3. The van der Waals surface area contributed by atoms with Crippen molar-refractivity contribution in [2.45, 2.75) is 18.4 Å². The lowest BCUT2D eigenvalue weighted by molar-refractivity contribution is -0.116. The van der Waals surface area contributed by atoms with Crippen molar-refractivity contribution >= 4 is 38.9 Å². The summed E-state index contributed by atoms with van der Waals surface area (Å²) in [6, 6.07) is 12.5. The fourth-order valence-electron chi connectivity index (χ4n) is 2.39. The number of aryl methyl sites for hydroxylation is 1. The van der Waals surface area contributed by atoms with Crippen molar-refractivity contribution in [1.29, 1.82) is 0 Å². The van der Waals surface area contributed by atoms with E-state index in [-0.39, 0.29) is 23.0 Å². The SMILES string of the molecule is Cc1cnn(CC(=O)Nc2cccc(S(=O)(=O)Nc3ccccc3Cl)c2)c1. The molecule has 0 unspecified atom stereocenters. The van der Waals surface area contributed by atoms with Crippen LogP contribution in [0.1, 0.15) is 5.56 Å². The number of carbonyl (C=O) groups is 1. The van der Waals surface area contributed by atoms with E-state index < -0.39 is 10.0 Å². The highest BCUT2D eigenvalue weighted by molar-refractivity contribution is 7.92. The molecule has 3 rings (SSSR count). The molecule has 7 nitrogen and oxygen atoms in total. The van der Waals surface area contributed by atoms with E-state index in [1.165, 1.54) is 16.8 Å². The van der Waals surface area contributed by atoms with Crippen LogP contribution in [0.3, 0.4) is 0 Å². The van der Waals surface area contributed by atoms with Gasteiger partial charge in [-0.3, -0.25) is 14.2 Å². The molecule has 140 valence electrons. The minimum atomic E-state index is -3.85. The topological polar surface area (TPSA) is 93.1 Å². The summed E-state index contributed by atoms with van der Waals surface area (Å²) in [4.78, 5) is 12.1. The lowest BCUT2D eigenvalue weighted by Crippen LogP contribution is -2.19. The quantitative estimate of drug-likeness (QED) is 0.659. The van der Waals surface area contributed by atoms with Gasteiger partial charge in [0.1, 0.15) is 6.54 Å². The second-order valence-electron chi connectivity index (χ2n) is 5.88. The normalized spacial score (nSPS) is 11.2. The maximum absolute atomic E-state index is 12.6. The maximum Gasteiger partial charge on any atom is 0.262 e. The van der Waals surface area contributed by atoms with Gasteiger partial charge in [-0.2, -0.15) is 5.10 Å². The first-order valence-electron chi connectivity index (χ1n) is 8.00. The smallest absolute Gasteiger partial charge is 0.262 e. The molecule has 2 N–H and O–H groups in total. The Bertz CT molecular complexity index is 1080. The Kier molecular flexibility index (Phi) is 5.48. The average Bonchev–Trinajstić information content (AvgIpc) is 3.01. The first-order chi connectivity index (χ1) is 12.8. The number of para-hydroxylation sites is 1. The van der Waals surface area contributed by atoms with E-state index in [2.05, 4.69) is 15.1 Å². The zero-order valence-corrected chi connectivity index (χ0v) is 16.0. The number of carbonyl (C=O) groups excluding carboxylic acids is 1. The summed E-state index contributed by atoms with van der Waals surface area (Å²) >= 11 is 6.00. The van der Waals surface area contributed by atoms with Gasteiger partial charge in [-0.15, -0.1) is 0 Å². The average molecular weight is 405 g/mol. The van der Waals surface area contributed by atoms with Crippen molar-refractivity contribution in [3.05, 3.63) is 71.5 Å². The van der Waals surface area contributed by atoms with Crippen LogP contribution in [-0.4, -0.2) is 24.1 Å². The third-order valence-electron chi connectivity index (χ3n) is 3.61. The van der Waals surface area contributed by atoms with E-state index in [0.29, 0.717) is 10.7 Å². The molecule has 0 bridgehead atoms. The van der Waals surface area contributed by atoms with Crippen molar-refractivity contribution in [2.24, 2.45) is 0 Å². The van der Waals surface area contributed by atoms with Crippen LogP contribution in [-0.2, 0) is 21.4 Å². The molecule has 1 aromatic heterocycles. The van der Waals surface area contributed by atoms with Gasteiger partial charge in [-0.1, -0.05) is 29.8 Å². The van der Waals surface area contributed by atoms with Crippen LogP contribution in [0.25, 0.3) is 0 Å². The van der Waals surface area contributed by atoms with Crippen LogP contribution >= 0.6 is 11.6 Å². The van der Waals surface area contributed by atoms with Gasteiger partial charge in [-0.25, -0.2) is 8.42 Å². The van der Waals surface area contributed by atoms with Crippen molar-refractivity contribution in [3.8, 4) is 0 Å². The summed E-state index contributed by atoms with van der Waals surface area (Å²) in [6.07, 6.45) is 3.40. The Hall–Kier alpha value is -2.84. The first kappa shape index (κ1) is 18.9. The zero-order chi connectivity index (χ0) is 19.4. The van der Waals surface area contributed by atoms with Gasteiger partial charge in [0.2, 0.25) is 5.91 Å². The van der Waals surface area contributed by atoms with Crippen molar-refractivity contribution in [1.82, 2.24) is 9.78 Å². The number of hydrogen-bond acceptors (Lipinski definition) is 4. The third kappa shape index (κ3) is 4.87. The summed E-state index contributed by atoms with van der Waals surface area (Å²) in [6.45, 7) is 1.91. The van der Waals surface area contributed by atoms with E-state index in [9.17, 15) is 13.2 Å². The molecule has 0 saturated heterocycles. The van der Waals surface area contributed by atoms with Crippen molar-refractivity contribution < 1.29 is 13.2 Å². The van der Waals surface area contributed by atoms with Crippen LogP contribution in [0.15, 0.2) is 65.8 Å². The number of aromatic nitrogens is 2. The highest BCUT2D eigenvalue weighted by Crippen LogP contribution is 2.25. The van der Waals surface area contributed by atoms with Gasteiger partial charge >= 0.3 is 0 Å². The summed E-state index contributed by atoms with van der Waals surface area (Å²) in [7, 11) is -3.85. The van der Waals surface area contributed by atoms with Crippen LogP contribution in [0.5, 0.6) is 0 Å². The van der Waals surface area contributed by atoms with E-state index >= 15 is 0 Å². The number of benzene rings is 2. The van der Waals surface area contributed by atoms with E-state index in [0.717, 1.165) is 5.56 Å². The van der Waals surface area contributed by atoms with Gasteiger partial charge in [0.05, 0.1) is 21.8 Å². The standard InChI is InChI=1S/C18H17ClN4O3S/c1-13-10-20-23(11-13)12-18(24)21-14-5-4-6-15(9-14)27(25,26)22-17-8-3-2-7-16(17)19/h2-11,22H,12H2,1H3,(H,21,24). The number of nitrogens with zero attached hydrogens (tertiary/aromatic N) is 2. The predicted octanol–water partition coefficient (Wildman–Crippen LogP) is 3.28. The Balaban J connectivity index is 1.74. The Morgan fingerprint density at radius 2 is 1.96 bits per heavy atom. The number of halogens is 1. The van der Waals surface area contributed by atoms with E-state index in [1.54, 1.807) is 48.8 Å². The number of anilines is 2. The molecule has 9 heteroatoms. The minimum Gasteiger partial charge on any atom is -0.324 e. The second-order valence-corrected chi connectivity index (χ2v) is 7.97. The molecule has 0 spiro atoms. The van der Waals surface area contributed by atoms with Gasteiger partial charge in [0, 0.05) is 11.9 Å². The van der Waals surface area contributed by atoms with Crippen molar-refractivity contribution in [2.75, 3.05) is 10.0 Å². The second kappa shape index (κ2) is 7.81. The van der Waals surface area contributed by atoms with Gasteiger partial charge in [-0.05, 0) is 42.8 Å². The number of amides is 1. The van der Waals surface area contributed by atoms with Crippen LogP contribution in [0, 0.1) is 6.92 Å². The first-order valence-corrected chi connectivity index (χ1v) is 9.86. The summed E-state index contributed by atoms with van der Waals surface area (Å²) in [5.41, 5.74) is 1.59. The van der Waals surface area contributed by atoms with Gasteiger partial charge in [0.15, 0.2) is 0 Å². The molecule has 1 heterocycles. The molecule has 0 aliphatic rings. The molecule has 27 heavy (non-hydrogen) atoms. The molecular formula is C18H17ClN4O3S. The summed E-state index contributed by atoms with van der Waals surface area (Å²) in [5, 5.41) is 7.01. The fourth-order valence-corrected chi connectivity index (χ4v) is 3.75. The number of hydrogen-bond donors (Lipinski definition) is 2. The Labute approximate surface area is 162 Å². The molecular weight excluding hydrogens is 388 g/mol. The number of rotatable bonds is 6. The number of sulfonamides is 1. The molecule has 0 aliphatic carbocycles. The molecule has 2 aromatic carbocycles. The Morgan fingerprint density at radius 1 is 1.19 bits per heavy atom. The van der Waals surface area contributed by atoms with E-state index in [1.807, 2.05) is 6.92 Å². The molecule has 0 aliphatic heterocycles. The van der Waals surface area contributed by atoms with Gasteiger partial charge < -0.3 is 5.32 Å². The highest BCUT2D eigenvalue weighted by Gasteiger charge is 2.16. The van der Waals surface area contributed by atoms with Crippen LogP contribution in [0.2, 0.25) is 5.02 Å². The van der Waals surface area contributed by atoms with E-state index in [4.69, 9.17) is 11.6 Å².